The van der Waals surface area contributed by atoms with Crippen molar-refractivity contribution in [1.82, 2.24) is 0 Å². The maximum absolute atomic E-state index is 12.2. The number of benzene rings is 1. The van der Waals surface area contributed by atoms with E-state index in [1.54, 1.807) is 6.92 Å². The zero-order valence-corrected chi connectivity index (χ0v) is 19.2. The number of esters is 1. The Labute approximate surface area is 187 Å². The molecule has 0 aromatic heterocycles. The highest BCUT2D eigenvalue weighted by molar-refractivity contribution is 5.93. The Hall–Kier alpha value is -2.72. The molecule has 4 heteroatoms. The number of hydrogen-bond acceptors (Lipinski definition) is 3. The second-order valence-corrected chi connectivity index (χ2v) is 7.78. The van der Waals surface area contributed by atoms with Crippen molar-refractivity contribution in [2.75, 3.05) is 0 Å². The summed E-state index contributed by atoms with van der Waals surface area (Å²) in [4.78, 5) is 23.7. The summed E-state index contributed by atoms with van der Waals surface area (Å²) in [5.74, 6) is 9.47. The van der Waals surface area contributed by atoms with Crippen LogP contribution >= 0.6 is 0 Å². The number of carboxylic acids is 1. The van der Waals surface area contributed by atoms with Crippen LogP contribution in [0.2, 0.25) is 0 Å². The monoisotopic (exact) mass is 424 g/mol. The van der Waals surface area contributed by atoms with E-state index in [2.05, 4.69) is 37.5 Å². The maximum Gasteiger partial charge on any atom is 0.320 e. The number of ether oxygens (including phenoxy) is 1. The zero-order chi connectivity index (χ0) is 22.9. The molecule has 0 aliphatic heterocycles. The van der Waals surface area contributed by atoms with Gasteiger partial charge in [0.1, 0.15) is 0 Å². The highest BCUT2D eigenvalue weighted by Crippen LogP contribution is 2.13. The number of carbonyl (C=O) groups excluding carboxylic acids is 1. The molecule has 4 nitrogen and oxygen atoms in total. The summed E-state index contributed by atoms with van der Waals surface area (Å²) in [6, 6.07) is 7.69. The molecule has 1 N–H and O–H groups in total. The van der Waals surface area contributed by atoms with Crippen molar-refractivity contribution in [1.29, 1.82) is 0 Å². The summed E-state index contributed by atoms with van der Waals surface area (Å²) in [6.45, 7) is 6.05. The fourth-order valence-electron chi connectivity index (χ4n) is 3.05. The quantitative estimate of drug-likeness (QED) is 0.194. The molecule has 2 atom stereocenters. The van der Waals surface area contributed by atoms with Crippen LogP contribution in [-0.2, 0) is 14.3 Å². The molecule has 0 saturated carbocycles. The van der Waals surface area contributed by atoms with E-state index in [1.807, 2.05) is 24.3 Å². The van der Waals surface area contributed by atoms with Crippen molar-refractivity contribution >= 4 is 11.9 Å². The van der Waals surface area contributed by atoms with Crippen molar-refractivity contribution in [2.24, 2.45) is 5.92 Å². The van der Waals surface area contributed by atoms with Crippen LogP contribution in [0.3, 0.4) is 0 Å². The molecule has 1 aromatic carbocycles. The van der Waals surface area contributed by atoms with Gasteiger partial charge in [0.2, 0.25) is 0 Å². The highest BCUT2D eigenvalue weighted by atomic mass is 16.5. The van der Waals surface area contributed by atoms with Crippen LogP contribution in [0, 0.1) is 29.6 Å². The molecule has 0 bridgehead atoms. The minimum atomic E-state index is -1.18. The van der Waals surface area contributed by atoms with Gasteiger partial charge < -0.3 is 9.84 Å². The summed E-state index contributed by atoms with van der Waals surface area (Å²) in [5, 5.41) is 9.40. The van der Waals surface area contributed by atoms with Gasteiger partial charge in [-0.2, -0.15) is 0 Å². The molecule has 1 rings (SSSR count). The molecule has 2 unspecified atom stereocenters. The van der Waals surface area contributed by atoms with E-state index >= 15 is 0 Å². The molecular formula is C27H36O4. The van der Waals surface area contributed by atoms with E-state index in [9.17, 15) is 14.7 Å². The molecule has 0 saturated heterocycles. The van der Waals surface area contributed by atoms with Crippen LogP contribution in [0.1, 0.15) is 96.1 Å². The van der Waals surface area contributed by atoms with Crippen molar-refractivity contribution in [2.45, 2.75) is 91.1 Å². The smallest absolute Gasteiger partial charge is 0.320 e. The third kappa shape index (κ3) is 11.3. The lowest BCUT2D eigenvalue weighted by molar-refractivity contribution is -0.162. The molecule has 0 amide bonds. The Bertz CT molecular complexity index is 804. The molecule has 0 heterocycles. The van der Waals surface area contributed by atoms with E-state index in [1.165, 1.54) is 19.3 Å². The van der Waals surface area contributed by atoms with Crippen LogP contribution in [0.4, 0.5) is 0 Å². The summed E-state index contributed by atoms with van der Waals surface area (Å²) in [5.41, 5.74) is 1.70. The Morgan fingerprint density at radius 1 is 0.903 bits per heavy atom. The molecular weight excluding hydrogens is 388 g/mol. The Morgan fingerprint density at radius 2 is 1.52 bits per heavy atom. The first kappa shape index (κ1) is 26.3. The summed E-state index contributed by atoms with van der Waals surface area (Å²) in [7, 11) is 0. The lowest BCUT2D eigenvalue weighted by atomic mass is 10.0. The maximum atomic E-state index is 12.2. The van der Waals surface area contributed by atoms with E-state index in [4.69, 9.17) is 4.74 Å². The normalized spacial score (nSPS) is 12.0. The highest BCUT2D eigenvalue weighted by Gasteiger charge is 2.28. The second-order valence-electron chi connectivity index (χ2n) is 7.78. The first-order chi connectivity index (χ1) is 15.0. The number of carboxylic acid groups (broad SMARTS) is 1. The number of hydrogen-bond donors (Lipinski definition) is 1. The minimum absolute atomic E-state index is 0.132. The van der Waals surface area contributed by atoms with Crippen molar-refractivity contribution in [3.05, 3.63) is 35.4 Å². The van der Waals surface area contributed by atoms with Crippen molar-refractivity contribution in [3.8, 4) is 23.7 Å². The lowest BCUT2D eigenvalue weighted by Crippen LogP contribution is -2.28. The first-order valence-corrected chi connectivity index (χ1v) is 11.5. The van der Waals surface area contributed by atoms with Crippen LogP contribution in [-0.4, -0.2) is 23.1 Å². The molecule has 0 radical (unpaired) electrons. The third-order valence-corrected chi connectivity index (χ3v) is 4.95. The second kappa shape index (κ2) is 16.0. The van der Waals surface area contributed by atoms with Crippen molar-refractivity contribution < 1.29 is 19.4 Å². The van der Waals surface area contributed by atoms with Gasteiger partial charge in [0.05, 0.1) is 6.10 Å². The molecule has 0 spiro atoms. The zero-order valence-electron chi connectivity index (χ0n) is 19.2. The van der Waals surface area contributed by atoms with Gasteiger partial charge >= 0.3 is 11.9 Å². The molecule has 31 heavy (non-hydrogen) atoms. The van der Waals surface area contributed by atoms with Gasteiger partial charge in [0.15, 0.2) is 5.92 Å². The summed E-state index contributed by atoms with van der Waals surface area (Å²) in [6.07, 6.45) is 8.50. The lowest BCUT2D eigenvalue weighted by Gasteiger charge is -2.16. The van der Waals surface area contributed by atoms with Crippen LogP contribution in [0.25, 0.3) is 0 Å². The molecule has 168 valence electrons. The fourth-order valence-corrected chi connectivity index (χ4v) is 3.05. The molecule has 0 aliphatic rings. The summed E-state index contributed by atoms with van der Waals surface area (Å²) >= 11 is 0. The van der Waals surface area contributed by atoms with Gasteiger partial charge in [-0.3, -0.25) is 9.59 Å². The van der Waals surface area contributed by atoms with Gasteiger partial charge in [-0.15, -0.1) is 0 Å². The van der Waals surface area contributed by atoms with Gasteiger partial charge in [-0.1, -0.05) is 81.8 Å². The van der Waals surface area contributed by atoms with Gasteiger partial charge in [-0.25, -0.2) is 0 Å². The van der Waals surface area contributed by atoms with Gasteiger partial charge in [-0.05, 0) is 38.3 Å². The third-order valence-electron chi connectivity index (χ3n) is 4.95. The molecule has 0 aliphatic carbocycles. The fraction of sp³-hybridized carbons (Fsp3) is 0.556. The number of aliphatic carboxylic acids is 1. The SMILES string of the molecule is CCCCCCC#Cc1ccccc1C#CCCC(C(=O)O)C(=O)OC(C)CCCC. The number of carbonyl (C=O) groups is 2. The average Bonchev–Trinajstić information content (AvgIpc) is 2.75. The topological polar surface area (TPSA) is 63.6 Å². The predicted octanol–water partition coefficient (Wildman–Crippen LogP) is 5.96. The Morgan fingerprint density at radius 3 is 2.10 bits per heavy atom. The molecule has 0 fully saturated rings. The van der Waals surface area contributed by atoms with E-state index in [0.29, 0.717) is 6.42 Å². The van der Waals surface area contributed by atoms with Gasteiger partial charge in [0.25, 0.3) is 0 Å². The largest absolute Gasteiger partial charge is 0.481 e. The van der Waals surface area contributed by atoms with Crippen LogP contribution in [0.5, 0.6) is 0 Å². The average molecular weight is 425 g/mol. The van der Waals surface area contributed by atoms with Crippen LogP contribution < -0.4 is 0 Å². The van der Waals surface area contributed by atoms with Crippen molar-refractivity contribution in [3.63, 3.8) is 0 Å². The predicted molar refractivity (Wildman–Crippen MR) is 124 cm³/mol. The number of rotatable bonds is 12. The minimum Gasteiger partial charge on any atom is -0.481 e. The standard InChI is InChI=1S/C27H36O4/c1-4-6-8-9-10-11-17-23-18-12-13-19-24(23)20-14-15-21-25(26(28)29)27(30)31-22(3)16-7-5-2/h12-13,18-19,22,25H,4-10,15-16,21H2,1-3H3,(H,28,29). The van der Waals surface area contributed by atoms with Crippen LogP contribution in [0.15, 0.2) is 24.3 Å². The first-order valence-electron chi connectivity index (χ1n) is 11.5. The molecule has 1 aromatic rings. The Balaban J connectivity index is 2.65. The number of unbranched alkanes of at least 4 members (excludes halogenated alkanes) is 5. The Kier molecular flexibility index (Phi) is 13.6. The summed E-state index contributed by atoms with van der Waals surface area (Å²) < 4.78 is 5.30. The van der Waals surface area contributed by atoms with E-state index in [0.717, 1.165) is 43.2 Å². The van der Waals surface area contributed by atoms with E-state index in [-0.39, 0.29) is 12.5 Å². The van der Waals surface area contributed by atoms with E-state index < -0.39 is 17.9 Å². The van der Waals surface area contributed by atoms with Gasteiger partial charge in [0, 0.05) is 24.0 Å².